The van der Waals surface area contributed by atoms with Gasteiger partial charge >= 0.3 is 5.97 Å². The van der Waals surface area contributed by atoms with E-state index in [1.54, 1.807) is 0 Å². The lowest BCUT2D eigenvalue weighted by Crippen LogP contribution is -2.28. The Morgan fingerprint density at radius 2 is 1.74 bits per heavy atom. The van der Waals surface area contributed by atoms with Gasteiger partial charge in [-0.15, -0.1) is 11.3 Å². The van der Waals surface area contributed by atoms with E-state index in [1.807, 2.05) is 101 Å². The first-order valence-corrected chi connectivity index (χ1v) is 13.9. The van der Waals surface area contributed by atoms with Crippen LogP contribution in [0.15, 0.2) is 60.7 Å². The van der Waals surface area contributed by atoms with Gasteiger partial charge in [0.2, 0.25) is 0 Å². The lowest BCUT2D eigenvalue weighted by Gasteiger charge is -2.28. The van der Waals surface area contributed by atoms with E-state index in [9.17, 15) is 9.90 Å². The van der Waals surface area contributed by atoms with Gasteiger partial charge in [0.1, 0.15) is 5.01 Å². The number of nitrogens with zero attached hydrogens (tertiary/aromatic N) is 3. The van der Waals surface area contributed by atoms with Crippen molar-refractivity contribution in [2.75, 3.05) is 0 Å². The van der Waals surface area contributed by atoms with Crippen LogP contribution in [-0.4, -0.2) is 31.4 Å². The zero-order valence-electron chi connectivity index (χ0n) is 22.7. The first-order chi connectivity index (χ1) is 18.4. The van der Waals surface area contributed by atoms with E-state index in [-0.39, 0.29) is 0 Å². The number of carbonyl (C=O) groups is 1. The molecule has 0 spiro atoms. The molecule has 5 aromatic rings. The number of hydrogen-bond acceptors (Lipinski definition) is 5. The Balaban J connectivity index is 1.74. The predicted molar refractivity (Wildman–Crippen MR) is 158 cm³/mol. The molecule has 0 bridgehead atoms. The Labute approximate surface area is 236 Å². The van der Waals surface area contributed by atoms with Crippen molar-refractivity contribution in [1.82, 2.24) is 14.8 Å². The molecule has 0 unspecified atom stereocenters. The number of ether oxygens (including phenoxy) is 1. The molecular formula is C31H30ClN3O3S. The quantitative estimate of drug-likeness (QED) is 0.226. The number of thiazole rings is 1. The molecule has 0 saturated heterocycles. The molecule has 2 heterocycles. The van der Waals surface area contributed by atoms with E-state index in [4.69, 9.17) is 21.3 Å². The summed E-state index contributed by atoms with van der Waals surface area (Å²) in [7, 11) is 0. The van der Waals surface area contributed by atoms with Gasteiger partial charge in [0, 0.05) is 27.4 Å². The molecule has 5 rings (SSSR count). The smallest absolute Gasteiger partial charge is 0.337 e. The number of carboxylic acid groups (broad SMARTS) is 1. The highest BCUT2D eigenvalue weighted by Crippen LogP contribution is 2.44. The van der Waals surface area contributed by atoms with E-state index in [2.05, 4.69) is 11.2 Å². The molecule has 8 heteroatoms. The fraction of sp³-hybridized carbons (Fsp3) is 0.258. The molecule has 0 aliphatic heterocycles. The number of fused-ring (bicyclic) bond motifs is 1. The van der Waals surface area contributed by atoms with E-state index in [0.717, 1.165) is 54.6 Å². The highest BCUT2D eigenvalue weighted by Gasteiger charge is 2.32. The molecule has 200 valence electrons. The van der Waals surface area contributed by atoms with Crippen LogP contribution in [0.4, 0.5) is 0 Å². The van der Waals surface area contributed by atoms with Gasteiger partial charge in [-0.2, -0.15) is 5.10 Å². The lowest BCUT2D eigenvalue weighted by molar-refractivity contribution is -0.160. The number of rotatable bonds is 6. The minimum absolute atomic E-state index is 0.607. The van der Waals surface area contributed by atoms with E-state index < -0.39 is 17.7 Å². The molecule has 0 radical (unpaired) electrons. The Morgan fingerprint density at radius 1 is 1.03 bits per heavy atom. The van der Waals surface area contributed by atoms with Crippen molar-refractivity contribution in [2.45, 2.75) is 53.2 Å². The topological polar surface area (TPSA) is 77.2 Å². The van der Waals surface area contributed by atoms with Crippen molar-refractivity contribution in [2.24, 2.45) is 0 Å². The zero-order valence-corrected chi connectivity index (χ0v) is 24.3. The van der Waals surface area contributed by atoms with Crippen LogP contribution in [-0.2, 0) is 9.53 Å². The SMILES string of the molecule is Cc1cc(C)n(-c2cccc(-c3nc4cc(C)c([C@H](OC(C)(C)C)C(=O)O)c(-c5ccc(Cl)cc5)c4s3)c2)n1. The Kier molecular flexibility index (Phi) is 7.10. The first kappa shape index (κ1) is 27.1. The van der Waals surface area contributed by atoms with Crippen LogP contribution in [0, 0.1) is 20.8 Å². The van der Waals surface area contributed by atoms with Crippen LogP contribution in [0.5, 0.6) is 0 Å². The Bertz CT molecular complexity index is 1700. The summed E-state index contributed by atoms with van der Waals surface area (Å²) in [5, 5.41) is 16.4. The summed E-state index contributed by atoms with van der Waals surface area (Å²) in [6, 6.07) is 19.6. The fourth-order valence-electron chi connectivity index (χ4n) is 4.82. The highest BCUT2D eigenvalue weighted by atomic mass is 35.5. The first-order valence-electron chi connectivity index (χ1n) is 12.7. The molecule has 0 saturated carbocycles. The van der Waals surface area contributed by atoms with Gasteiger partial charge in [0.15, 0.2) is 6.10 Å². The van der Waals surface area contributed by atoms with E-state index in [1.165, 1.54) is 11.3 Å². The number of halogens is 1. The van der Waals surface area contributed by atoms with Crippen LogP contribution in [0.25, 0.3) is 37.6 Å². The number of hydrogen-bond donors (Lipinski definition) is 1. The molecule has 0 aliphatic rings. The summed E-state index contributed by atoms with van der Waals surface area (Å²) in [5.74, 6) is -1.04. The number of aryl methyl sites for hydroxylation is 3. The minimum Gasteiger partial charge on any atom is -0.479 e. The molecule has 3 aromatic carbocycles. The second-order valence-electron chi connectivity index (χ2n) is 10.7. The monoisotopic (exact) mass is 559 g/mol. The van der Waals surface area contributed by atoms with Crippen LogP contribution < -0.4 is 0 Å². The molecule has 39 heavy (non-hydrogen) atoms. The molecule has 0 amide bonds. The molecule has 1 atom stereocenters. The lowest BCUT2D eigenvalue weighted by atomic mass is 9.91. The van der Waals surface area contributed by atoms with Crippen LogP contribution in [0.1, 0.15) is 49.4 Å². The molecule has 0 aliphatic carbocycles. The van der Waals surface area contributed by atoms with Gasteiger partial charge in [-0.3, -0.25) is 0 Å². The second kappa shape index (κ2) is 10.2. The summed E-state index contributed by atoms with van der Waals surface area (Å²) in [6.07, 6.45) is -1.15. The average molecular weight is 560 g/mol. The maximum absolute atomic E-state index is 12.6. The van der Waals surface area contributed by atoms with Crippen LogP contribution >= 0.6 is 22.9 Å². The minimum atomic E-state index is -1.15. The standard InChI is InChI=1S/C31H30ClN3O3S/c1-17-14-24-28(39-29(33-24)21-8-7-9-23(16-21)35-19(3)15-18(2)34-35)26(20-10-12-22(32)13-11-20)25(17)27(30(36)37)38-31(4,5)6/h7-16,27H,1-6H3,(H,36,37)/t27-/m0/s1. The van der Waals surface area contributed by atoms with Crippen molar-refractivity contribution < 1.29 is 14.6 Å². The largest absolute Gasteiger partial charge is 0.479 e. The van der Waals surface area contributed by atoms with Crippen molar-refractivity contribution in [3.63, 3.8) is 0 Å². The Morgan fingerprint density at radius 3 is 2.36 bits per heavy atom. The van der Waals surface area contributed by atoms with Gasteiger partial charge in [-0.25, -0.2) is 14.5 Å². The van der Waals surface area contributed by atoms with Gasteiger partial charge in [0.25, 0.3) is 0 Å². The third kappa shape index (κ3) is 5.48. The van der Waals surface area contributed by atoms with Gasteiger partial charge < -0.3 is 9.84 Å². The van der Waals surface area contributed by atoms with Crippen molar-refractivity contribution in [3.05, 3.63) is 88.2 Å². The van der Waals surface area contributed by atoms with Crippen molar-refractivity contribution in [3.8, 4) is 27.4 Å². The number of benzene rings is 3. The molecule has 1 N–H and O–H groups in total. The molecule has 2 aromatic heterocycles. The number of aliphatic carboxylic acids is 1. The normalized spacial score (nSPS) is 12.7. The van der Waals surface area contributed by atoms with Crippen molar-refractivity contribution >= 4 is 39.1 Å². The number of aromatic nitrogens is 3. The summed E-state index contributed by atoms with van der Waals surface area (Å²) >= 11 is 7.75. The Hall–Kier alpha value is -3.52. The predicted octanol–water partition coefficient (Wildman–Crippen LogP) is 8.34. The summed E-state index contributed by atoms with van der Waals surface area (Å²) in [5.41, 5.74) is 7.16. The second-order valence-corrected chi connectivity index (χ2v) is 12.1. The van der Waals surface area contributed by atoms with E-state index in [0.29, 0.717) is 10.6 Å². The third-order valence-corrected chi connectivity index (χ3v) is 7.76. The number of carboxylic acids is 1. The molecule has 0 fully saturated rings. The highest BCUT2D eigenvalue weighted by molar-refractivity contribution is 7.22. The van der Waals surface area contributed by atoms with Gasteiger partial charge in [-0.05, 0) is 89.1 Å². The molecule has 6 nitrogen and oxygen atoms in total. The van der Waals surface area contributed by atoms with E-state index >= 15 is 0 Å². The van der Waals surface area contributed by atoms with Crippen molar-refractivity contribution in [1.29, 1.82) is 0 Å². The van der Waals surface area contributed by atoms with Gasteiger partial charge in [0.05, 0.1) is 27.2 Å². The maximum atomic E-state index is 12.6. The zero-order chi connectivity index (χ0) is 28.1. The summed E-state index contributed by atoms with van der Waals surface area (Å²) < 4.78 is 8.94. The van der Waals surface area contributed by atoms with Crippen LogP contribution in [0.3, 0.4) is 0 Å². The third-order valence-electron chi connectivity index (χ3n) is 6.37. The fourth-order valence-corrected chi connectivity index (χ4v) is 6.07. The summed E-state index contributed by atoms with van der Waals surface area (Å²) in [4.78, 5) is 17.6. The average Bonchev–Trinajstić information content (AvgIpc) is 3.44. The maximum Gasteiger partial charge on any atom is 0.337 e. The molecular weight excluding hydrogens is 530 g/mol. The van der Waals surface area contributed by atoms with Gasteiger partial charge in [-0.1, -0.05) is 35.9 Å². The summed E-state index contributed by atoms with van der Waals surface area (Å²) in [6.45, 7) is 11.5. The van der Waals surface area contributed by atoms with Crippen LogP contribution in [0.2, 0.25) is 5.02 Å².